The Kier molecular flexibility index (Phi) is 3.63. The molecule has 0 aliphatic heterocycles. The van der Waals surface area contributed by atoms with Crippen LogP contribution < -0.4 is 0 Å². The van der Waals surface area contributed by atoms with Crippen molar-refractivity contribution in [3.63, 3.8) is 0 Å². The van der Waals surface area contributed by atoms with Gasteiger partial charge >= 0.3 is 0 Å². The van der Waals surface area contributed by atoms with Crippen LogP contribution in [0.25, 0.3) is 28.5 Å². The fourth-order valence-corrected chi connectivity index (χ4v) is 3.36. The van der Waals surface area contributed by atoms with Gasteiger partial charge in [0.05, 0.1) is 5.69 Å². The number of hydrogen-bond donors (Lipinski definition) is 0. The van der Waals surface area contributed by atoms with Crippen molar-refractivity contribution < 1.29 is 0 Å². The summed E-state index contributed by atoms with van der Waals surface area (Å²) in [6, 6.07) is 12.3. The Morgan fingerprint density at radius 2 is 1.74 bits per heavy atom. The molecule has 4 aromatic rings. The van der Waals surface area contributed by atoms with Crippen LogP contribution in [0.3, 0.4) is 0 Å². The maximum atomic E-state index is 4.94. The van der Waals surface area contributed by atoms with Crippen molar-refractivity contribution in [2.75, 3.05) is 0 Å². The van der Waals surface area contributed by atoms with Gasteiger partial charge in [0.15, 0.2) is 11.6 Å². The molecule has 1 fully saturated rings. The normalized spacial score (nSPS) is 13.9. The van der Waals surface area contributed by atoms with Crippen LogP contribution in [0, 0.1) is 6.92 Å². The Morgan fingerprint density at radius 3 is 2.41 bits per heavy atom. The summed E-state index contributed by atoms with van der Waals surface area (Å²) in [5.41, 5.74) is 4.01. The van der Waals surface area contributed by atoms with E-state index in [1.165, 1.54) is 12.8 Å². The minimum absolute atomic E-state index is 0.480. The Labute approximate surface area is 157 Å². The van der Waals surface area contributed by atoms with E-state index < -0.39 is 0 Å². The third-order valence-corrected chi connectivity index (χ3v) is 4.92. The molecule has 0 N–H and O–H groups in total. The molecule has 27 heavy (non-hydrogen) atoms. The lowest BCUT2D eigenvalue weighted by molar-refractivity contribution is 0.835. The summed E-state index contributed by atoms with van der Waals surface area (Å²) in [7, 11) is 2.01. The van der Waals surface area contributed by atoms with Gasteiger partial charge < -0.3 is 4.57 Å². The summed E-state index contributed by atoms with van der Waals surface area (Å²) in [4.78, 5) is 13.8. The number of benzene rings is 1. The minimum Gasteiger partial charge on any atom is -0.334 e. The van der Waals surface area contributed by atoms with Gasteiger partial charge in [0.25, 0.3) is 0 Å². The highest BCUT2D eigenvalue weighted by Gasteiger charge is 2.30. The van der Waals surface area contributed by atoms with Gasteiger partial charge in [-0.05, 0) is 31.9 Å². The van der Waals surface area contributed by atoms with Gasteiger partial charge in [0.1, 0.15) is 5.82 Å². The molecule has 3 aromatic heterocycles. The van der Waals surface area contributed by atoms with Gasteiger partial charge in [-0.25, -0.2) is 14.6 Å². The lowest BCUT2D eigenvalue weighted by atomic mass is 10.1. The first-order valence-corrected chi connectivity index (χ1v) is 9.18. The van der Waals surface area contributed by atoms with E-state index in [1.807, 2.05) is 66.1 Å². The van der Waals surface area contributed by atoms with Gasteiger partial charge in [0, 0.05) is 48.4 Å². The number of aryl methyl sites for hydroxylation is 2. The Balaban J connectivity index is 1.73. The van der Waals surface area contributed by atoms with Crippen molar-refractivity contribution in [3.8, 4) is 28.5 Å². The zero-order valence-electron chi connectivity index (χ0n) is 15.4. The van der Waals surface area contributed by atoms with E-state index in [9.17, 15) is 0 Å². The Morgan fingerprint density at radius 1 is 0.963 bits per heavy atom. The van der Waals surface area contributed by atoms with E-state index >= 15 is 0 Å². The fraction of sp³-hybridized carbons (Fsp3) is 0.238. The molecule has 1 saturated carbocycles. The van der Waals surface area contributed by atoms with E-state index in [0.717, 1.165) is 40.0 Å². The van der Waals surface area contributed by atoms with Crippen molar-refractivity contribution in [2.24, 2.45) is 7.05 Å². The van der Waals surface area contributed by atoms with E-state index in [4.69, 9.17) is 10.1 Å². The summed E-state index contributed by atoms with van der Waals surface area (Å²) in [6.07, 6.45) is 7.93. The molecule has 0 unspecified atom stereocenters. The largest absolute Gasteiger partial charge is 0.334 e. The van der Waals surface area contributed by atoms with Crippen molar-refractivity contribution in [2.45, 2.75) is 25.7 Å². The van der Waals surface area contributed by atoms with Crippen molar-refractivity contribution in [1.82, 2.24) is 29.3 Å². The van der Waals surface area contributed by atoms with E-state index in [-0.39, 0.29) is 0 Å². The summed E-state index contributed by atoms with van der Waals surface area (Å²) in [5.74, 6) is 3.17. The molecule has 0 spiro atoms. The fourth-order valence-electron chi connectivity index (χ4n) is 3.36. The quantitative estimate of drug-likeness (QED) is 0.556. The van der Waals surface area contributed by atoms with E-state index in [0.29, 0.717) is 5.92 Å². The van der Waals surface area contributed by atoms with Crippen LogP contribution in [0.4, 0.5) is 0 Å². The van der Waals surface area contributed by atoms with E-state index in [1.54, 1.807) is 0 Å². The first-order chi connectivity index (χ1) is 13.2. The van der Waals surface area contributed by atoms with Crippen LogP contribution in [0.15, 0.2) is 55.0 Å². The highest BCUT2D eigenvalue weighted by atomic mass is 15.4. The average molecular weight is 356 g/mol. The standard InChI is InChI=1S/C21H20N6/c1-14-13-16(9-10-22-14)27-21(24-19(25-27)15-7-8-15)18-6-4-3-5-17(18)20-23-11-12-26(20)2/h3-6,9-13,15H,7-8H2,1-2H3. The lowest BCUT2D eigenvalue weighted by Gasteiger charge is -2.11. The predicted molar refractivity (Wildman–Crippen MR) is 104 cm³/mol. The number of nitrogens with zero attached hydrogens (tertiary/aromatic N) is 6. The van der Waals surface area contributed by atoms with Gasteiger partial charge in [-0.1, -0.05) is 24.3 Å². The minimum atomic E-state index is 0.480. The molecule has 134 valence electrons. The molecule has 1 aliphatic rings. The van der Waals surface area contributed by atoms with Crippen LogP contribution >= 0.6 is 0 Å². The van der Waals surface area contributed by atoms with E-state index in [2.05, 4.69) is 22.1 Å². The summed E-state index contributed by atoms with van der Waals surface area (Å²) in [5, 5.41) is 4.86. The first-order valence-electron chi connectivity index (χ1n) is 9.18. The second-order valence-corrected chi connectivity index (χ2v) is 7.04. The molecular weight excluding hydrogens is 336 g/mol. The third-order valence-electron chi connectivity index (χ3n) is 4.92. The lowest BCUT2D eigenvalue weighted by Crippen LogP contribution is -2.02. The topological polar surface area (TPSA) is 61.4 Å². The second-order valence-electron chi connectivity index (χ2n) is 7.04. The van der Waals surface area contributed by atoms with Crippen molar-refractivity contribution in [1.29, 1.82) is 0 Å². The smallest absolute Gasteiger partial charge is 0.164 e. The van der Waals surface area contributed by atoms with Crippen LogP contribution in [-0.2, 0) is 7.05 Å². The first kappa shape index (κ1) is 15.9. The molecule has 6 nitrogen and oxygen atoms in total. The summed E-state index contributed by atoms with van der Waals surface area (Å²) in [6.45, 7) is 1.99. The molecule has 3 heterocycles. The van der Waals surface area contributed by atoms with Gasteiger partial charge in [-0.2, -0.15) is 5.10 Å². The number of aromatic nitrogens is 6. The van der Waals surface area contributed by atoms with Crippen LogP contribution in [-0.4, -0.2) is 29.3 Å². The molecule has 0 amide bonds. The number of hydrogen-bond acceptors (Lipinski definition) is 4. The third kappa shape index (κ3) is 2.83. The number of imidazole rings is 1. The molecule has 0 saturated heterocycles. The molecular formula is C21H20N6. The highest BCUT2D eigenvalue weighted by Crippen LogP contribution is 2.40. The van der Waals surface area contributed by atoms with Crippen molar-refractivity contribution >= 4 is 0 Å². The Bertz CT molecular complexity index is 1120. The molecule has 0 radical (unpaired) electrons. The molecule has 6 heteroatoms. The maximum Gasteiger partial charge on any atom is 0.164 e. The molecule has 1 aromatic carbocycles. The highest BCUT2D eigenvalue weighted by molar-refractivity contribution is 5.78. The summed E-state index contributed by atoms with van der Waals surface area (Å²) >= 11 is 0. The van der Waals surface area contributed by atoms with Crippen LogP contribution in [0.5, 0.6) is 0 Å². The molecule has 0 atom stereocenters. The zero-order valence-corrected chi connectivity index (χ0v) is 15.4. The summed E-state index contributed by atoms with van der Waals surface area (Å²) < 4.78 is 3.97. The molecule has 0 bridgehead atoms. The predicted octanol–water partition coefficient (Wildman–Crippen LogP) is 3.92. The van der Waals surface area contributed by atoms with Gasteiger partial charge in [-0.15, -0.1) is 0 Å². The molecule has 1 aliphatic carbocycles. The number of rotatable bonds is 4. The zero-order chi connectivity index (χ0) is 18.4. The number of pyridine rings is 1. The van der Waals surface area contributed by atoms with Crippen molar-refractivity contribution in [3.05, 3.63) is 66.5 Å². The Hall–Kier alpha value is -3.28. The second kappa shape index (κ2) is 6.16. The SMILES string of the molecule is Cc1cc(-n2nc(C3CC3)nc2-c2ccccc2-c2nccn2C)ccn1. The van der Waals surface area contributed by atoms with Crippen LogP contribution in [0.2, 0.25) is 0 Å². The molecule has 5 rings (SSSR count). The average Bonchev–Trinajstić information content (AvgIpc) is 3.29. The van der Waals surface area contributed by atoms with Crippen LogP contribution in [0.1, 0.15) is 30.3 Å². The monoisotopic (exact) mass is 356 g/mol. The maximum absolute atomic E-state index is 4.94. The van der Waals surface area contributed by atoms with Gasteiger partial charge in [-0.3, -0.25) is 4.98 Å². The van der Waals surface area contributed by atoms with Gasteiger partial charge in [0.2, 0.25) is 0 Å².